The highest BCUT2D eigenvalue weighted by molar-refractivity contribution is 5.97. The molecule has 1 fully saturated rings. The predicted molar refractivity (Wildman–Crippen MR) is 83.5 cm³/mol. The predicted octanol–water partition coefficient (Wildman–Crippen LogP) is 4.10. The first kappa shape index (κ1) is 14.2. The Hall–Kier alpha value is -1.71. The van der Waals surface area contributed by atoms with E-state index in [1.807, 2.05) is 12.1 Å². The van der Waals surface area contributed by atoms with E-state index < -0.39 is 0 Å². The molecule has 4 heteroatoms. The summed E-state index contributed by atoms with van der Waals surface area (Å²) in [5, 5.41) is 3.20. The summed E-state index contributed by atoms with van der Waals surface area (Å²) in [4.78, 5) is 12.6. The number of nitrogens with one attached hydrogen (secondary N) is 1. The van der Waals surface area contributed by atoms with Crippen LogP contribution in [0.3, 0.4) is 0 Å². The van der Waals surface area contributed by atoms with Crippen LogP contribution < -0.4 is 5.32 Å². The Labute approximate surface area is 125 Å². The minimum Gasteiger partial charge on any atom is -0.463 e. The molecule has 1 saturated carbocycles. The highest BCUT2D eigenvalue weighted by Crippen LogP contribution is 2.23. The lowest BCUT2D eigenvalue weighted by atomic mass is 9.95. The number of amides is 1. The van der Waals surface area contributed by atoms with E-state index in [0.717, 1.165) is 49.0 Å². The normalized spacial score (nSPS) is 16.4. The Morgan fingerprint density at radius 2 is 2.19 bits per heavy atom. The smallest absolute Gasteiger partial charge is 0.268 e. The highest BCUT2D eigenvalue weighted by atomic mass is 16.3. The Morgan fingerprint density at radius 3 is 2.95 bits per heavy atom. The third kappa shape index (κ3) is 2.99. The first-order chi connectivity index (χ1) is 10.3. The van der Waals surface area contributed by atoms with Gasteiger partial charge in [0.05, 0.1) is 11.8 Å². The van der Waals surface area contributed by atoms with Crippen LogP contribution in [0.25, 0.3) is 11.1 Å². The number of carbonyl (C=O) groups excluding carboxylic acids is 1. The zero-order valence-corrected chi connectivity index (χ0v) is 12.7. The van der Waals surface area contributed by atoms with Gasteiger partial charge < -0.3 is 14.3 Å². The van der Waals surface area contributed by atoms with Crippen LogP contribution in [0.5, 0.6) is 0 Å². The monoisotopic (exact) mass is 288 g/mol. The van der Waals surface area contributed by atoms with Gasteiger partial charge in [-0.25, -0.2) is 0 Å². The van der Waals surface area contributed by atoms with E-state index in [-0.39, 0.29) is 5.91 Å². The van der Waals surface area contributed by atoms with Crippen LogP contribution in [0.2, 0.25) is 0 Å². The second-order valence-corrected chi connectivity index (χ2v) is 6.01. The second kappa shape index (κ2) is 6.37. The van der Waals surface area contributed by atoms with Gasteiger partial charge in [-0.3, -0.25) is 4.79 Å². The summed E-state index contributed by atoms with van der Waals surface area (Å²) in [5.41, 5.74) is 2.57. The number of rotatable bonds is 5. The van der Waals surface area contributed by atoms with E-state index in [4.69, 9.17) is 4.42 Å². The summed E-state index contributed by atoms with van der Waals surface area (Å²) in [6.07, 6.45) is 9.84. The molecule has 2 aromatic heterocycles. The molecule has 4 nitrogen and oxygen atoms in total. The standard InChI is InChI=1S/C17H24N2O2/c1-2-3-10-19-14-9-11-21-16(14)12-15(19)17(20)18-13-7-5-4-6-8-13/h9,11-13H,2-8,10H2,1H3,(H,18,20). The molecule has 114 valence electrons. The fourth-order valence-electron chi connectivity index (χ4n) is 3.23. The number of aryl methyl sites for hydroxylation is 1. The van der Waals surface area contributed by atoms with Crippen LogP contribution in [-0.2, 0) is 6.54 Å². The molecule has 0 unspecified atom stereocenters. The van der Waals surface area contributed by atoms with Crippen molar-refractivity contribution in [3.63, 3.8) is 0 Å². The minimum absolute atomic E-state index is 0.0457. The molecule has 2 heterocycles. The molecule has 21 heavy (non-hydrogen) atoms. The molecule has 0 saturated heterocycles. The van der Waals surface area contributed by atoms with Crippen LogP contribution in [-0.4, -0.2) is 16.5 Å². The SMILES string of the molecule is CCCCn1c(C(=O)NC2CCCCC2)cc2occc21. The Balaban J connectivity index is 1.80. The summed E-state index contributed by atoms with van der Waals surface area (Å²) in [5.74, 6) is 0.0457. The molecule has 3 rings (SSSR count). The maximum atomic E-state index is 12.6. The van der Waals surface area contributed by atoms with Gasteiger partial charge in [-0.2, -0.15) is 0 Å². The van der Waals surface area contributed by atoms with Crippen molar-refractivity contribution < 1.29 is 9.21 Å². The van der Waals surface area contributed by atoms with Crippen LogP contribution >= 0.6 is 0 Å². The molecular weight excluding hydrogens is 264 g/mol. The fraction of sp³-hybridized carbons (Fsp3) is 0.588. The zero-order valence-electron chi connectivity index (χ0n) is 12.7. The molecule has 0 atom stereocenters. The van der Waals surface area contributed by atoms with Gasteiger partial charge in [0.15, 0.2) is 5.58 Å². The summed E-state index contributed by atoms with van der Waals surface area (Å²) in [6.45, 7) is 3.03. The average molecular weight is 288 g/mol. The first-order valence-electron chi connectivity index (χ1n) is 8.17. The molecule has 0 aromatic carbocycles. The lowest BCUT2D eigenvalue weighted by molar-refractivity contribution is 0.0918. The van der Waals surface area contributed by atoms with Crippen molar-refractivity contribution in [2.24, 2.45) is 0 Å². The zero-order chi connectivity index (χ0) is 14.7. The topological polar surface area (TPSA) is 47.2 Å². The van der Waals surface area contributed by atoms with E-state index in [1.54, 1.807) is 6.26 Å². The first-order valence-corrected chi connectivity index (χ1v) is 8.17. The van der Waals surface area contributed by atoms with Gasteiger partial charge in [-0.15, -0.1) is 0 Å². The molecule has 0 bridgehead atoms. The second-order valence-electron chi connectivity index (χ2n) is 6.01. The molecule has 1 amide bonds. The summed E-state index contributed by atoms with van der Waals surface area (Å²) in [6, 6.07) is 4.16. The number of hydrogen-bond donors (Lipinski definition) is 1. The molecule has 1 aliphatic rings. The summed E-state index contributed by atoms with van der Waals surface area (Å²) in [7, 11) is 0. The molecule has 1 N–H and O–H groups in total. The van der Waals surface area contributed by atoms with E-state index >= 15 is 0 Å². The van der Waals surface area contributed by atoms with E-state index in [2.05, 4.69) is 16.8 Å². The van der Waals surface area contributed by atoms with Crippen molar-refractivity contribution in [3.05, 3.63) is 24.1 Å². The lowest BCUT2D eigenvalue weighted by Crippen LogP contribution is -2.37. The number of carbonyl (C=O) groups is 1. The molecule has 0 spiro atoms. The average Bonchev–Trinajstić information content (AvgIpc) is 3.07. The van der Waals surface area contributed by atoms with Crippen molar-refractivity contribution >= 4 is 17.0 Å². The van der Waals surface area contributed by atoms with Crippen molar-refractivity contribution in [2.45, 2.75) is 64.5 Å². The lowest BCUT2D eigenvalue weighted by Gasteiger charge is -2.23. The van der Waals surface area contributed by atoms with Gasteiger partial charge in [-0.1, -0.05) is 32.6 Å². The molecule has 0 radical (unpaired) electrons. The highest BCUT2D eigenvalue weighted by Gasteiger charge is 2.21. The van der Waals surface area contributed by atoms with Crippen LogP contribution in [0, 0.1) is 0 Å². The van der Waals surface area contributed by atoms with Gasteiger partial charge in [0.2, 0.25) is 0 Å². The number of fused-ring (bicyclic) bond motifs is 1. The number of nitrogens with zero attached hydrogens (tertiary/aromatic N) is 1. The van der Waals surface area contributed by atoms with Crippen molar-refractivity contribution in [3.8, 4) is 0 Å². The number of aromatic nitrogens is 1. The number of hydrogen-bond acceptors (Lipinski definition) is 2. The Kier molecular flexibility index (Phi) is 4.32. The maximum absolute atomic E-state index is 12.6. The van der Waals surface area contributed by atoms with Crippen LogP contribution in [0.1, 0.15) is 62.4 Å². The molecule has 2 aromatic rings. The Morgan fingerprint density at radius 1 is 1.38 bits per heavy atom. The number of unbranched alkanes of at least 4 members (excludes halogenated alkanes) is 1. The van der Waals surface area contributed by atoms with Crippen LogP contribution in [0.4, 0.5) is 0 Å². The van der Waals surface area contributed by atoms with Gasteiger partial charge >= 0.3 is 0 Å². The van der Waals surface area contributed by atoms with Gasteiger partial charge in [0.1, 0.15) is 5.69 Å². The van der Waals surface area contributed by atoms with Crippen molar-refractivity contribution in [2.75, 3.05) is 0 Å². The fourth-order valence-corrected chi connectivity index (χ4v) is 3.23. The largest absolute Gasteiger partial charge is 0.463 e. The molecule has 1 aliphatic carbocycles. The number of furan rings is 1. The van der Waals surface area contributed by atoms with Gasteiger partial charge in [0.25, 0.3) is 5.91 Å². The van der Waals surface area contributed by atoms with E-state index in [1.165, 1.54) is 19.3 Å². The third-order valence-electron chi connectivity index (χ3n) is 4.43. The summed E-state index contributed by atoms with van der Waals surface area (Å²) < 4.78 is 7.56. The molecular formula is C17H24N2O2. The van der Waals surface area contributed by atoms with E-state index in [0.29, 0.717) is 6.04 Å². The minimum atomic E-state index is 0.0457. The van der Waals surface area contributed by atoms with Gasteiger partial charge in [0, 0.05) is 24.7 Å². The quantitative estimate of drug-likeness (QED) is 0.900. The van der Waals surface area contributed by atoms with Crippen molar-refractivity contribution in [1.29, 1.82) is 0 Å². The van der Waals surface area contributed by atoms with E-state index in [9.17, 15) is 4.79 Å². The molecule has 0 aliphatic heterocycles. The van der Waals surface area contributed by atoms with Crippen LogP contribution in [0.15, 0.2) is 22.8 Å². The Bertz CT molecular complexity index is 605. The van der Waals surface area contributed by atoms with Crippen molar-refractivity contribution in [1.82, 2.24) is 9.88 Å². The summed E-state index contributed by atoms with van der Waals surface area (Å²) >= 11 is 0. The van der Waals surface area contributed by atoms with Gasteiger partial charge in [-0.05, 0) is 19.3 Å². The third-order valence-corrected chi connectivity index (χ3v) is 4.43. The maximum Gasteiger partial charge on any atom is 0.268 e.